The van der Waals surface area contributed by atoms with Gasteiger partial charge >= 0.3 is 0 Å². The van der Waals surface area contributed by atoms with Crippen molar-refractivity contribution in [1.82, 2.24) is 0 Å². The molecule has 0 bridgehead atoms. The molecule has 0 heterocycles. The first kappa shape index (κ1) is 19.2. The fourth-order valence-corrected chi connectivity index (χ4v) is 2.70. The van der Waals surface area contributed by atoms with Gasteiger partial charge in [-0.25, -0.2) is 0 Å². The van der Waals surface area contributed by atoms with Gasteiger partial charge in [0.25, 0.3) is 5.91 Å². The van der Waals surface area contributed by atoms with Crippen LogP contribution in [-0.2, 0) is 11.2 Å². The molecule has 0 aliphatic carbocycles. The van der Waals surface area contributed by atoms with E-state index in [0.717, 1.165) is 6.42 Å². The highest BCUT2D eigenvalue weighted by Crippen LogP contribution is 2.17. The molecule has 2 N–H and O–H groups in total. The van der Waals surface area contributed by atoms with Crippen LogP contribution in [0.1, 0.15) is 22.8 Å². The van der Waals surface area contributed by atoms with Gasteiger partial charge in [-0.05, 0) is 48.0 Å². The Labute approximate surface area is 164 Å². The molecule has 28 heavy (non-hydrogen) atoms. The molecule has 0 aromatic heterocycles. The summed E-state index contributed by atoms with van der Waals surface area (Å²) in [5, 5.41) is 5.53. The summed E-state index contributed by atoms with van der Waals surface area (Å²) in [5.41, 5.74) is 3.05. The van der Waals surface area contributed by atoms with Gasteiger partial charge in [-0.1, -0.05) is 36.4 Å². The summed E-state index contributed by atoms with van der Waals surface area (Å²) in [4.78, 5) is 23.5. The van der Waals surface area contributed by atoms with E-state index in [4.69, 9.17) is 4.74 Å². The molecular weight excluding hydrogens is 352 g/mol. The minimum atomic E-state index is -0.221. The Hall–Kier alpha value is -3.60. The lowest BCUT2D eigenvalue weighted by molar-refractivity contribution is -0.114. The summed E-state index contributed by atoms with van der Waals surface area (Å²) in [7, 11) is 0. The second kappa shape index (κ2) is 9.37. The summed E-state index contributed by atoms with van der Waals surface area (Å²) < 4.78 is 5.78. The summed E-state index contributed by atoms with van der Waals surface area (Å²) in [6.07, 6.45) is 0.803. The number of anilines is 2. The number of benzene rings is 3. The predicted octanol–water partition coefficient (Wildman–Crippen LogP) is 4.52. The molecule has 0 atom stereocenters. The van der Waals surface area contributed by atoms with Crippen molar-refractivity contribution >= 4 is 23.2 Å². The average Bonchev–Trinajstić information content (AvgIpc) is 2.70. The Morgan fingerprint density at radius 3 is 2.18 bits per heavy atom. The maximum absolute atomic E-state index is 12.5. The van der Waals surface area contributed by atoms with E-state index in [1.165, 1.54) is 12.5 Å². The monoisotopic (exact) mass is 374 g/mol. The van der Waals surface area contributed by atoms with E-state index < -0.39 is 0 Å². The van der Waals surface area contributed by atoms with Crippen LogP contribution < -0.4 is 15.4 Å². The number of nitrogens with one attached hydrogen (secondary N) is 2. The van der Waals surface area contributed by atoms with Gasteiger partial charge in [0.05, 0.1) is 6.61 Å². The largest absolute Gasteiger partial charge is 0.493 e. The van der Waals surface area contributed by atoms with Crippen LogP contribution in [0.4, 0.5) is 11.4 Å². The van der Waals surface area contributed by atoms with Crippen molar-refractivity contribution in [3.8, 4) is 5.75 Å². The van der Waals surface area contributed by atoms with Gasteiger partial charge in [0.1, 0.15) is 5.75 Å². The lowest BCUT2D eigenvalue weighted by Crippen LogP contribution is -2.12. The van der Waals surface area contributed by atoms with Crippen LogP contribution in [-0.4, -0.2) is 18.4 Å². The van der Waals surface area contributed by atoms with Crippen molar-refractivity contribution in [3.63, 3.8) is 0 Å². The van der Waals surface area contributed by atoms with E-state index in [1.54, 1.807) is 42.5 Å². The number of carbonyl (C=O) groups is 2. The molecule has 0 saturated carbocycles. The third-order valence-corrected chi connectivity index (χ3v) is 4.06. The topological polar surface area (TPSA) is 67.4 Å². The van der Waals surface area contributed by atoms with Crippen molar-refractivity contribution < 1.29 is 14.3 Å². The van der Waals surface area contributed by atoms with Crippen LogP contribution in [0.3, 0.4) is 0 Å². The molecule has 5 nitrogen and oxygen atoms in total. The smallest absolute Gasteiger partial charge is 0.255 e. The van der Waals surface area contributed by atoms with Gasteiger partial charge in [-0.15, -0.1) is 0 Å². The van der Waals surface area contributed by atoms with Crippen LogP contribution in [0.25, 0.3) is 0 Å². The van der Waals surface area contributed by atoms with Crippen LogP contribution in [0, 0.1) is 0 Å². The molecule has 0 fully saturated rings. The van der Waals surface area contributed by atoms with Crippen molar-refractivity contribution in [1.29, 1.82) is 0 Å². The molecular formula is C23H22N2O3. The number of hydrogen-bond donors (Lipinski definition) is 2. The van der Waals surface area contributed by atoms with E-state index in [1.807, 2.05) is 24.3 Å². The summed E-state index contributed by atoms with van der Waals surface area (Å²) in [5.74, 6) is 0.297. The molecule has 0 spiro atoms. The molecule has 3 rings (SSSR count). The molecule has 5 heteroatoms. The maximum Gasteiger partial charge on any atom is 0.255 e. The minimum absolute atomic E-state index is 0.138. The van der Waals surface area contributed by atoms with E-state index in [0.29, 0.717) is 29.3 Å². The van der Waals surface area contributed by atoms with Gasteiger partial charge in [0.15, 0.2) is 0 Å². The minimum Gasteiger partial charge on any atom is -0.493 e. The van der Waals surface area contributed by atoms with Gasteiger partial charge < -0.3 is 15.4 Å². The molecule has 0 aliphatic rings. The third-order valence-electron chi connectivity index (χ3n) is 4.06. The Bertz CT molecular complexity index is 938. The summed E-state index contributed by atoms with van der Waals surface area (Å²) in [6, 6.07) is 24.2. The SMILES string of the molecule is CC(=O)Nc1ccc(NC(=O)c2cccc(OCCc3ccccc3)c2)cc1. The Morgan fingerprint density at radius 1 is 0.821 bits per heavy atom. The molecule has 142 valence electrons. The molecule has 3 aromatic carbocycles. The second-order valence-corrected chi connectivity index (χ2v) is 6.32. The zero-order chi connectivity index (χ0) is 19.8. The Kier molecular flexibility index (Phi) is 6.41. The predicted molar refractivity (Wildman–Crippen MR) is 111 cm³/mol. The summed E-state index contributed by atoms with van der Waals surface area (Å²) >= 11 is 0. The van der Waals surface area contributed by atoms with E-state index >= 15 is 0 Å². The molecule has 0 saturated heterocycles. The first-order chi connectivity index (χ1) is 13.6. The molecule has 0 aliphatic heterocycles. The number of ether oxygens (including phenoxy) is 1. The zero-order valence-electron chi connectivity index (χ0n) is 15.6. The highest BCUT2D eigenvalue weighted by molar-refractivity contribution is 6.04. The highest BCUT2D eigenvalue weighted by Gasteiger charge is 2.08. The van der Waals surface area contributed by atoms with Crippen molar-refractivity contribution in [2.24, 2.45) is 0 Å². The second-order valence-electron chi connectivity index (χ2n) is 6.32. The van der Waals surface area contributed by atoms with E-state index in [9.17, 15) is 9.59 Å². The van der Waals surface area contributed by atoms with E-state index in [-0.39, 0.29) is 11.8 Å². The Balaban J connectivity index is 1.56. The first-order valence-electron chi connectivity index (χ1n) is 9.06. The van der Waals surface area contributed by atoms with Crippen LogP contribution in [0.15, 0.2) is 78.9 Å². The van der Waals surface area contributed by atoms with Gasteiger partial charge in [-0.3, -0.25) is 9.59 Å². The number of rotatable bonds is 7. The highest BCUT2D eigenvalue weighted by atomic mass is 16.5. The summed E-state index contributed by atoms with van der Waals surface area (Å²) in [6.45, 7) is 1.99. The van der Waals surface area contributed by atoms with Crippen LogP contribution in [0.5, 0.6) is 5.75 Å². The number of amides is 2. The molecule has 0 radical (unpaired) electrons. The number of carbonyl (C=O) groups excluding carboxylic acids is 2. The first-order valence-corrected chi connectivity index (χ1v) is 9.06. The van der Waals surface area contributed by atoms with E-state index in [2.05, 4.69) is 22.8 Å². The molecule has 2 amide bonds. The third kappa shape index (κ3) is 5.71. The Morgan fingerprint density at radius 2 is 1.50 bits per heavy atom. The fraction of sp³-hybridized carbons (Fsp3) is 0.130. The van der Waals surface area contributed by atoms with Crippen molar-refractivity contribution in [3.05, 3.63) is 90.0 Å². The zero-order valence-corrected chi connectivity index (χ0v) is 15.6. The molecule has 0 unspecified atom stereocenters. The number of hydrogen-bond acceptors (Lipinski definition) is 3. The van der Waals surface area contributed by atoms with Gasteiger partial charge in [0, 0.05) is 30.3 Å². The van der Waals surface area contributed by atoms with Crippen LogP contribution in [0.2, 0.25) is 0 Å². The van der Waals surface area contributed by atoms with Crippen molar-refractivity contribution in [2.75, 3.05) is 17.2 Å². The van der Waals surface area contributed by atoms with Crippen LogP contribution >= 0.6 is 0 Å². The van der Waals surface area contributed by atoms with Crippen molar-refractivity contribution in [2.45, 2.75) is 13.3 Å². The average molecular weight is 374 g/mol. The fourth-order valence-electron chi connectivity index (χ4n) is 2.70. The molecule has 3 aromatic rings. The van der Waals surface area contributed by atoms with Gasteiger partial charge in [0.2, 0.25) is 5.91 Å². The quantitative estimate of drug-likeness (QED) is 0.639. The lowest BCUT2D eigenvalue weighted by Gasteiger charge is -2.09. The standard InChI is InChI=1S/C23H22N2O3/c1-17(26)24-20-10-12-21(13-11-20)25-23(27)19-8-5-9-22(16-19)28-15-14-18-6-3-2-4-7-18/h2-13,16H,14-15H2,1H3,(H,24,26)(H,25,27). The van der Waals surface area contributed by atoms with Gasteiger partial charge in [-0.2, -0.15) is 0 Å². The lowest BCUT2D eigenvalue weighted by atomic mass is 10.1. The normalized spacial score (nSPS) is 10.2. The maximum atomic E-state index is 12.5.